The van der Waals surface area contributed by atoms with Crippen LogP contribution in [0.15, 0.2) is 16.5 Å². The normalized spacial score (nSPS) is 32.4. The summed E-state index contributed by atoms with van der Waals surface area (Å²) >= 11 is 0. The van der Waals surface area contributed by atoms with E-state index in [0.29, 0.717) is 25.3 Å². The van der Waals surface area contributed by atoms with Crippen molar-refractivity contribution >= 4 is 11.8 Å². The molecule has 0 saturated carbocycles. The number of hydrogen-bond acceptors (Lipinski definition) is 4. The van der Waals surface area contributed by atoms with E-state index in [1.807, 2.05) is 19.1 Å². The van der Waals surface area contributed by atoms with Crippen LogP contribution >= 0.6 is 0 Å². The van der Waals surface area contributed by atoms with Crippen LogP contribution in [0.3, 0.4) is 0 Å². The number of carbonyl (C=O) groups is 2. The van der Waals surface area contributed by atoms with E-state index in [-0.39, 0.29) is 23.9 Å². The molecule has 0 radical (unpaired) electrons. The summed E-state index contributed by atoms with van der Waals surface area (Å²) < 4.78 is 5.58. The average Bonchev–Trinajstić information content (AvgIpc) is 3.15. The van der Waals surface area contributed by atoms with Crippen LogP contribution < -0.4 is 5.32 Å². The van der Waals surface area contributed by atoms with Gasteiger partial charge in [0.05, 0.1) is 6.54 Å². The van der Waals surface area contributed by atoms with Gasteiger partial charge in [0, 0.05) is 19.0 Å². The Morgan fingerprint density at radius 1 is 1.29 bits per heavy atom. The molecule has 5 heterocycles. The number of fused-ring (bicyclic) bond motifs is 3. The molecule has 4 fully saturated rings. The summed E-state index contributed by atoms with van der Waals surface area (Å²) in [6, 6.07) is 3.64. The van der Waals surface area contributed by atoms with Crippen LogP contribution in [0, 0.1) is 12.8 Å². The maximum Gasteiger partial charge on any atom is 0.243 e. The number of hydrogen-bond donors (Lipinski definition) is 1. The fourth-order valence-corrected chi connectivity index (χ4v) is 4.35. The maximum absolute atomic E-state index is 12.8. The zero-order valence-corrected chi connectivity index (χ0v) is 14.2. The van der Waals surface area contributed by atoms with Crippen molar-refractivity contribution in [1.29, 1.82) is 0 Å². The third-order valence-electron chi connectivity index (χ3n) is 5.74. The number of nitrogens with one attached hydrogen (secondary N) is 1. The molecule has 4 aliphatic rings. The number of rotatable bonds is 4. The molecule has 6 nitrogen and oxygen atoms in total. The van der Waals surface area contributed by atoms with E-state index < -0.39 is 0 Å². The number of carbonyl (C=O) groups excluding carboxylic acids is 2. The van der Waals surface area contributed by atoms with E-state index in [9.17, 15) is 9.59 Å². The predicted octanol–water partition coefficient (Wildman–Crippen LogP) is 1.29. The van der Waals surface area contributed by atoms with E-state index in [0.717, 1.165) is 31.2 Å². The Labute approximate surface area is 142 Å². The van der Waals surface area contributed by atoms with Crippen molar-refractivity contribution in [2.75, 3.05) is 19.6 Å². The van der Waals surface area contributed by atoms with E-state index in [2.05, 4.69) is 10.2 Å². The van der Waals surface area contributed by atoms with Gasteiger partial charge < -0.3 is 19.5 Å². The molecule has 130 valence electrons. The van der Waals surface area contributed by atoms with E-state index in [4.69, 9.17) is 4.42 Å². The highest BCUT2D eigenvalue weighted by Crippen LogP contribution is 2.28. The van der Waals surface area contributed by atoms with Gasteiger partial charge in [-0.15, -0.1) is 0 Å². The van der Waals surface area contributed by atoms with Crippen LogP contribution in [0.25, 0.3) is 0 Å². The van der Waals surface area contributed by atoms with E-state index in [1.54, 1.807) is 4.90 Å². The molecule has 1 N–H and O–H groups in total. The highest BCUT2D eigenvalue weighted by molar-refractivity contribution is 5.91. The number of furan rings is 1. The van der Waals surface area contributed by atoms with Gasteiger partial charge in [-0.3, -0.25) is 9.59 Å². The zero-order valence-electron chi connectivity index (χ0n) is 14.2. The third kappa shape index (κ3) is 2.95. The minimum Gasteiger partial charge on any atom is -0.464 e. The highest BCUT2D eigenvalue weighted by atomic mass is 16.3. The first-order valence-corrected chi connectivity index (χ1v) is 8.97. The molecule has 0 aliphatic carbocycles. The first-order chi connectivity index (χ1) is 11.6. The summed E-state index contributed by atoms with van der Waals surface area (Å²) in [5.41, 5.74) is 0. The summed E-state index contributed by atoms with van der Waals surface area (Å²) in [5, 5.41) is 3.23. The van der Waals surface area contributed by atoms with Crippen LogP contribution in [0.4, 0.5) is 0 Å². The minimum absolute atomic E-state index is 0.00266. The van der Waals surface area contributed by atoms with Crippen LogP contribution in [0.5, 0.6) is 0 Å². The molecule has 24 heavy (non-hydrogen) atoms. The van der Waals surface area contributed by atoms with Crippen LogP contribution in [-0.4, -0.2) is 53.3 Å². The predicted molar refractivity (Wildman–Crippen MR) is 88.1 cm³/mol. The Bertz CT molecular complexity index is 633. The largest absolute Gasteiger partial charge is 0.464 e. The highest BCUT2D eigenvalue weighted by Gasteiger charge is 2.40. The first-order valence-electron chi connectivity index (χ1n) is 8.97. The second kappa shape index (κ2) is 6.24. The number of likely N-dealkylation sites (tertiary alicyclic amines) is 1. The van der Waals surface area contributed by atoms with Gasteiger partial charge >= 0.3 is 0 Å². The van der Waals surface area contributed by atoms with Crippen molar-refractivity contribution in [2.24, 2.45) is 5.92 Å². The van der Waals surface area contributed by atoms with Gasteiger partial charge in [-0.2, -0.15) is 0 Å². The quantitative estimate of drug-likeness (QED) is 0.903. The molecular weight excluding hydrogens is 306 g/mol. The molecule has 1 aromatic rings. The summed E-state index contributed by atoms with van der Waals surface area (Å²) in [6.07, 6.45) is 3.39. The van der Waals surface area contributed by atoms with Gasteiger partial charge in [0.25, 0.3) is 0 Å². The molecule has 2 unspecified atom stereocenters. The standard InChI is InChI=1S/C18H25N3O3/c1-12-2-3-14(24-12)10-21-16(4-5-17(21)22)18(23)19-15-11-20-8-6-13(15)7-9-20/h2-3,13,15-16H,4-11H2,1H3,(H,19,23). The fraction of sp³-hybridized carbons (Fsp3) is 0.667. The Balaban J connectivity index is 1.41. The van der Waals surface area contributed by atoms with Gasteiger partial charge in [0.1, 0.15) is 17.6 Å². The Morgan fingerprint density at radius 2 is 2.08 bits per heavy atom. The molecule has 0 aromatic carbocycles. The van der Waals surface area contributed by atoms with Gasteiger partial charge in [0.2, 0.25) is 11.8 Å². The van der Waals surface area contributed by atoms with Gasteiger partial charge in [0.15, 0.2) is 0 Å². The average molecular weight is 331 g/mol. The van der Waals surface area contributed by atoms with Crippen molar-refractivity contribution in [3.63, 3.8) is 0 Å². The topological polar surface area (TPSA) is 65.8 Å². The monoisotopic (exact) mass is 331 g/mol. The van der Waals surface area contributed by atoms with Crippen molar-refractivity contribution in [2.45, 2.75) is 51.2 Å². The van der Waals surface area contributed by atoms with Crippen molar-refractivity contribution in [3.8, 4) is 0 Å². The Kier molecular flexibility index (Phi) is 4.08. The molecule has 6 heteroatoms. The number of aryl methyl sites for hydroxylation is 1. The van der Waals surface area contributed by atoms with Crippen molar-refractivity contribution < 1.29 is 14.0 Å². The van der Waals surface area contributed by atoms with Gasteiger partial charge in [-0.25, -0.2) is 0 Å². The second-order valence-corrected chi connectivity index (χ2v) is 7.34. The lowest BCUT2D eigenvalue weighted by atomic mass is 9.84. The van der Waals surface area contributed by atoms with Gasteiger partial charge in [-0.05, 0) is 57.3 Å². The molecule has 4 saturated heterocycles. The number of nitrogens with zero attached hydrogens (tertiary/aromatic N) is 2. The second-order valence-electron chi connectivity index (χ2n) is 7.34. The zero-order chi connectivity index (χ0) is 16.7. The van der Waals surface area contributed by atoms with Crippen LogP contribution in [0.1, 0.15) is 37.2 Å². The molecule has 2 amide bonds. The molecule has 5 rings (SSSR count). The summed E-state index contributed by atoms with van der Waals surface area (Å²) in [6.45, 7) is 5.53. The Hall–Kier alpha value is -1.82. The third-order valence-corrected chi connectivity index (χ3v) is 5.74. The van der Waals surface area contributed by atoms with Crippen LogP contribution in [-0.2, 0) is 16.1 Å². The minimum atomic E-state index is -0.363. The summed E-state index contributed by atoms with van der Waals surface area (Å²) in [7, 11) is 0. The van der Waals surface area contributed by atoms with Crippen molar-refractivity contribution in [3.05, 3.63) is 23.7 Å². The fourth-order valence-electron chi connectivity index (χ4n) is 4.35. The molecule has 4 aliphatic heterocycles. The first kappa shape index (κ1) is 15.7. The molecule has 2 bridgehead atoms. The van der Waals surface area contributed by atoms with E-state index in [1.165, 1.54) is 12.8 Å². The number of piperidine rings is 3. The number of amides is 2. The van der Waals surface area contributed by atoms with E-state index >= 15 is 0 Å². The summed E-state index contributed by atoms with van der Waals surface area (Å²) in [4.78, 5) is 29.1. The molecule has 0 spiro atoms. The van der Waals surface area contributed by atoms with Gasteiger partial charge in [-0.1, -0.05) is 0 Å². The lowest BCUT2D eigenvalue weighted by Gasteiger charge is -2.45. The Morgan fingerprint density at radius 3 is 2.71 bits per heavy atom. The molecular formula is C18H25N3O3. The summed E-state index contributed by atoms with van der Waals surface area (Å²) in [5.74, 6) is 2.20. The lowest BCUT2D eigenvalue weighted by molar-refractivity contribution is -0.137. The lowest BCUT2D eigenvalue weighted by Crippen LogP contribution is -2.59. The SMILES string of the molecule is Cc1ccc(CN2C(=O)CCC2C(=O)NC2CN3CCC2CC3)o1. The molecule has 2 atom stereocenters. The van der Waals surface area contributed by atoms with Crippen LogP contribution in [0.2, 0.25) is 0 Å². The molecule has 1 aromatic heterocycles. The van der Waals surface area contributed by atoms with Crippen molar-refractivity contribution in [1.82, 2.24) is 15.1 Å². The maximum atomic E-state index is 12.8. The smallest absolute Gasteiger partial charge is 0.243 e.